The third kappa shape index (κ3) is 2.54. The van der Waals surface area contributed by atoms with Crippen LogP contribution in [-0.2, 0) is 0 Å². The van der Waals surface area contributed by atoms with Gasteiger partial charge in [-0.3, -0.25) is 10.1 Å². The minimum Gasteiger partial charge on any atom is -0.494 e. The van der Waals surface area contributed by atoms with E-state index in [-0.39, 0.29) is 29.4 Å². The van der Waals surface area contributed by atoms with Gasteiger partial charge in [0.2, 0.25) is 0 Å². The smallest absolute Gasteiger partial charge is 0.273 e. The molecule has 2 aromatic carbocycles. The highest BCUT2D eigenvalue weighted by Gasteiger charge is 2.40. The lowest BCUT2D eigenvalue weighted by atomic mass is 9.76. The summed E-state index contributed by atoms with van der Waals surface area (Å²) in [5.74, 6) is 0.481. The van der Waals surface area contributed by atoms with Crippen molar-refractivity contribution in [1.82, 2.24) is 0 Å². The average Bonchev–Trinajstić information content (AvgIpc) is 3.10. The van der Waals surface area contributed by atoms with Crippen LogP contribution >= 0.6 is 0 Å². The number of nitro benzene ring substituents is 1. The van der Waals surface area contributed by atoms with E-state index in [1.165, 1.54) is 25.3 Å². The lowest BCUT2D eigenvalue weighted by Gasteiger charge is -2.38. The second kappa shape index (κ2) is 5.88. The van der Waals surface area contributed by atoms with Crippen molar-refractivity contribution in [2.45, 2.75) is 18.4 Å². The van der Waals surface area contributed by atoms with Gasteiger partial charge in [-0.2, -0.15) is 0 Å². The number of ether oxygens (including phenoxy) is 1. The van der Waals surface area contributed by atoms with Crippen molar-refractivity contribution in [3.05, 3.63) is 75.6 Å². The van der Waals surface area contributed by atoms with Gasteiger partial charge >= 0.3 is 0 Å². The molecular formula is C19H17FN2O3. The van der Waals surface area contributed by atoms with Crippen LogP contribution in [0.15, 0.2) is 48.6 Å². The standard InChI is InChI=1S/C19H17FN2O3/c1-25-17-10-13(22(23)24)9-16-14-3-2-4-15(14)18(21-19(16)17)11-5-7-12(20)8-6-11/h2-3,5-10,14-15,18,21H,4H2,1H3/t14-,15-,18+/m0/s1. The number of rotatable bonds is 3. The molecule has 128 valence electrons. The first-order valence-electron chi connectivity index (χ1n) is 8.13. The van der Waals surface area contributed by atoms with Crippen LogP contribution in [0.25, 0.3) is 0 Å². The second-order valence-corrected chi connectivity index (χ2v) is 6.40. The van der Waals surface area contributed by atoms with Crippen LogP contribution in [-0.4, -0.2) is 12.0 Å². The number of halogens is 1. The summed E-state index contributed by atoms with van der Waals surface area (Å²) >= 11 is 0. The molecule has 4 rings (SSSR count). The minimum absolute atomic E-state index is 0.0107. The normalized spacial score (nSPS) is 23.5. The van der Waals surface area contributed by atoms with Gasteiger partial charge in [0.05, 0.1) is 29.8 Å². The van der Waals surface area contributed by atoms with Crippen molar-refractivity contribution in [3.8, 4) is 5.75 Å². The van der Waals surface area contributed by atoms with Gasteiger partial charge in [0, 0.05) is 12.0 Å². The molecule has 0 amide bonds. The molecule has 0 unspecified atom stereocenters. The number of fused-ring (bicyclic) bond motifs is 3. The summed E-state index contributed by atoms with van der Waals surface area (Å²) in [6, 6.07) is 9.53. The van der Waals surface area contributed by atoms with Crippen LogP contribution in [0.2, 0.25) is 0 Å². The molecule has 0 spiro atoms. The molecule has 2 aromatic rings. The van der Waals surface area contributed by atoms with Crippen molar-refractivity contribution in [3.63, 3.8) is 0 Å². The number of methoxy groups -OCH3 is 1. The number of benzene rings is 2. The lowest BCUT2D eigenvalue weighted by molar-refractivity contribution is -0.385. The maximum Gasteiger partial charge on any atom is 0.273 e. The SMILES string of the molecule is COc1cc([N+](=O)[O-])cc2c1N[C@H](c1ccc(F)cc1)[C@H]1CC=C[C@H]21. The highest BCUT2D eigenvalue weighted by Crippen LogP contribution is 2.53. The number of hydrogen-bond donors (Lipinski definition) is 1. The minimum atomic E-state index is -0.400. The number of anilines is 1. The number of nitrogens with one attached hydrogen (secondary N) is 1. The summed E-state index contributed by atoms with van der Waals surface area (Å²) in [4.78, 5) is 10.8. The highest BCUT2D eigenvalue weighted by atomic mass is 19.1. The van der Waals surface area contributed by atoms with Gasteiger partial charge in [-0.05, 0) is 35.6 Å². The van der Waals surface area contributed by atoms with Crippen LogP contribution in [0.4, 0.5) is 15.8 Å². The van der Waals surface area contributed by atoms with E-state index >= 15 is 0 Å². The van der Waals surface area contributed by atoms with Crippen LogP contribution in [0.5, 0.6) is 5.75 Å². The highest BCUT2D eigenvalue weighted by molar-refractivity contribution is 5.71. The molecule has 1 heterocycles. The van der Waals surface area contributed by atoms with Crippen molar-refractivity contribution >= 4 is 11.4 Å². The Labute approximate surface area is 144 Å². The Morgan fingerprint density at radius 1 is 1.28 bits per heavy atom. The maximum absolute atomic E-state index is 13.3. The zero-order valence-electron chi connectivity index (χ0n) is 13.6. The number of nitrogens with zero attached hydrogens (tertiary/aromatic N) is 1. The Morgan fingerprint density at radius 3 is 2.72 bits per heavy atom. The topological polar surface area (TPSA) is 64.4 Å². The number of allylic oxidation sites excluding steroid dienone is 2. The van der Waals surface area contributed by atoms with Crippen LogP contribution in [0.1, 0.15) is 29.5 Å². The van der Waals surface area contributed by atoms with Crippen molar-refractivity contribution in [2.24, 2.45) is 5.92 Å². The van der Waals surface area contributed by atoms with Crippen molar-refractivity contribution in [1.29, 1.82) is 0 Å². The van der Waals surface area contributed by atoms with E-state index in [9.17, 15) is 14.5 Å². The summed E-state index contributed by atoms with van der Waals surface area (Å²) in [6.45, 7) is 0. The molecule has 0 aromatic heterocycles. The molecule has 0 saturated heterocycles. The molecule has 1 aliphatic heterocycles. The van der Waals surface area contributed by atoms with E-state index in [4.69, 9.17) is 4.74 Å². The predicted molar refractivity (Wildman–Crippen MR) is 92.4 cm³/mol. The van der Waals surface area contributed by atoms with Gasteiger partial charge in [0.1, 0.15) is 11.6 Å². The number of nitro groups is 1. The lowest BCUT2D eigenvalue weighted by Crippen LogP contribution is -2.29. The molecule has 0 bridgehead atoms. The monoisotopic (exact) mass is 340 g/mol. The summed E-state index contributed by atoms with van der Waals surface area (Å²) < 4.78 is 18.7. The Balaban J connectivity index is 1.84. The first-order chi connectivity index (χ1) is 12.1. The second-order valence-electron chi connectivity index (χ2n) is 6.40. The zero-order valence-corrected chi connectivity index (χ0v) is 13.6. The van der Waals surface area contributed by atoms with E-state index in [1.807, 2.05) is 0 Å². The third-order valence-corrected chi connectivity index (χ3v) is 5.08. The Morgan fingerprint density at radius 2 is 2.04 bits per heavy atom. The Hall–Kier alpha value is -2.89. The molecule has 3 atom stereocenters. The van der Waals surface area contributed by atoms with Gasteiger partial charge in [-0.1, -0.05) is 24.3 Å². The summed E-state index contributed by atoms with van der Waals surface area (Å²) in [5, 5.41) is 14.7. The molecule has 6 heteroatoms. The van der Waals surface area contributed by atoms with Crippen LogP contribution in [0, 0.1) is 21.8 Å². The average molecular weight is 340 g/mol. The largest absolute Gasteiger partial charge is 0.494 e. The van der Waals surface area contributed by atoms with Gasteiger partial charge in [0.15, 0.2) is 0 Å². The summed E-state index contributed by atoms with van der Waals surface area (Å²) in [7, 11) is 1.50. The fraction of sp³-hybridized carbons (Fsp3) is 0.263. The predicted octanol–water partition coefficient (Wildman–Crippen LogP) is 4.57. The fourth-order valence-electron chi connectivity index (χ4n) is 3.92. The Kier molecular flexibility index (Phi) is 3.67. The molecule has 0 radical (unpaired) electrons. The van der Waals surface area contributed by atoms with E-state index in [0.717, 1.165) is 23.2 Å². The first-order valence-corrected chi connectivity index (χ1v) is 8.13. The molecule has 25 heavy (non-hydrogen) atoms. The van der Waals surface area contributed by atoms with E-state index < -0.39 is 4.92 Å². The fourth-order valence-corrected chi connectivity index (χ4v) is 3.92. The molecular weight excluding hydrogens is 323 g/mol. The van der Waals surface area contributed by atoms with E-state index in [0.29, 0.717) is 5.75 Å². The number of non-ortho nitro benzene ring substituents is 1. The number of hydrogen-bond acceptors (Lipinski definition) is 4. The molecule has 5 nitrogen and oxygen atoms in total. The molecule has 2 aliphatic rings. The first kappa shape index (κ1) is 15.6. The summed E-state index contributed by atoms with van der Waals surface area (Å²) in [5.41, 5.74) is 2.67. The molecule has 0 saturated carbocycles. The van der Waals surface area contributed by atoms with Gasteiger partial charge in [-0.15, -0.1) is 0 Å². The molecule has 1 N–H and O–H groups in total. The summed E-state index contributed by atoms with van der Waals surface area (Å²) in [6.07, 6.45) is 5.07. The van der Waals surface area contributed by atoms with E-state index in [2.05, 4.69) is 17.5 Å². The third-order valence-electron chi connectivity index (χ3n) is 5.08. The van der Waals surface area contributed by atoms with Gasteiger partial charge in [0.25, 0.3) is 5.69 Å². The van der Waals surface area contributed by atoms with Gasteiger partial charge < -0.3 is 10.1 Å². The molecule has 0 fully saturated rings. The Bertz CT molecular complexity index is 864. The van der Waals surface area contributed by atoms with Crippen molar-refractivity contribution in [2.75, 3.05) is 12.4 Å². The van der Waals surface area contributed by atoms with Crippen molar-refractivity contribution < 1.29 is 14.1 Å². The van der Waals surface area contributed by atoms with E-state index in [1.54, 1.807) is 18.2 Å². The van der Waals surface area contributed by atoms with Crippen LogP contribution in [0.3, 0.4) is 0 Å². The molecule has 1 aliphatic carbocycles. The maximum atomic E-state index is 13.3. The zero-order chi connectivity index (χ0) is 17.6. The quantitative estimate of drug-likeness (QED) is 0.505. The van der Waals surface area contributed by atoms with Crippen LogP contribution < -0.4 is 10.1 Å². The van der Waals surface area contributed by atoms with Gasteiger partial charge in [-0.25, -0.2) is 4.39 Å².